The fraction of sp³-hybridized carbons (Fsp3) is 0.174. The summed E-state index contributed by atoms with van der Waals surface area (Å²) in [5.74, 6) is 1.08. The van der Waals surface area contributed by atoms with E-state index in [0.717, 1.165) is 38.3 Å². The van der Waals surface area contributed by atoms with E-state index >= 15 is 0 Å². The Morgan fingerprint density at radius 1 is 1.00 bits per heavy atom. The normalized spacial score (nSPS) is 11.8. The largest absolute Gasteiger partial charge is 0.435 e. The van der Waals surface area contributed by atoms with Crippen LogP contribution in [0.25, 0.3) is 32.9 Å². The van der Waals surface area contributed by atoms with E-state index in [1.165, 1.54) is 13.4 Å². The minimum Gasteiger partial charge on any atom is -0.357 e. The standard InChI is InChI=1S/C23H19F3N8/c1-12-4-6-15-20(19(12)13-5-7-16-14(8-13)10-28-22(27-2)31-16)29-11-30-21(15)32-18-9-17(23(24,25)26)33-34(18)3/h4-11H,1-3H3,(H,27,28,31)(H,29,30,32). The third-order valence-corrected chi connectivity index (χ3v) is 5.52. The van der Waals surface area contributed by atoms with Gasteiger partial charge in [-0.25, -0.2) is 19.9 Å². The molecule has 0 bridgehead atoms. The Balaban J connectivity index is 1.62. The second kappa shape index (κ2) is 7.94. The molecule has 34 heavy (non-hydrogen) atoms. The predicted molar refractivity (Wildman–Crippen MR) is 124 cm³/mol. The lowest BCUT2D eigenvalue weighted by Gasteiger charge is -2.14. The molecule has 0 saturated heterocycles. The number of halogens is 3. The van der Waals surface area contributed by atoms with Crippen molar-refractivity contribution in [3.63, 3.8) is 0 Å². The quantitative estimate of drug-likeness (QED) is 0.383. The second-order valence-electron chi connectivity index (χ2n) is 7.75. The summed E-state index contributed by atoms with van der Waals surface area (Å²) in [7, 11) is 3.20. The highest BCUT2D eigenvalue weighted by molar-refractivity contribution is 6.02. The number of benzene rings is 2. The Hall–Kier alpha value is -4.28. The average molecular weight is 464 g/mol. The van der Waals surface area contributed by atoms with Gasteiger partial charge in [0.15, 0.2) is 5.69 Å². The molecule has 0 saturated carbocycles. The predicted octanol–water partition coefficient (Wildman–Crippen LogP) is 5.09. The Bertz CT molecular complexity index is 1540. The topological polar surface area (TPSA) is 93.4 Å². The van der Waals surface area contributed by atoms with Crippen LogP contribution in [0, 0.1) is 6.92 Å². The number of aromatic nitrogens is 6. The van der Waals surface area contributed by atoms with Crippen molar-refractivity contribution in [3.05, 3.63) is 60.2 Å². The summed E-state index contributed by atoms with van der Waals surface area (Å²) >= 11 is 0. The van der Waals surface area contributed by atoms with Gasteiger partial charge in [0.1, 0.15) is 18.0 Å². The van der Waals surface area contributed by atoms with Crippen molar-refractivity contribution in [1.82, 2.24) is 29.7 Å². The molecule has 3 aromatic heterocycles. The zero-order valence-electron chi connectivity index (χ0n) is 18.4. The first-order chi connectivity index (χ1) is 16.2. The molecule has 0 unspecified atom stereocenters. The number of rotatable bonds is 4. The highest BCUT2D eigenvalue weighted by Gasteiger charge is 2.34. The monoisotopic (exact) mass is 464 g/mol. The lowest BCUT2D eigenvalue weighted by molar-refractivity contribution is -0.141. The van der Waals surface area contributed by atoms with Crippen molar-refractivity contribution in [2.24, 2.45) is 7.05 Å². The molecule has 0 aliphatic carbocycles. The molecule has 5 rings (SSSR count). The van der Waals surface area contributed by atoms with Gasteiger partial charge >= 0.3 is 6.18 Å². The summed E-state index contributed by atoms with van der Waals surface area (Å²) in [6.45, 7) is 1.98. The van der Waals surface area contributed by atoms with Crippen LogP contribution in [-0.2, 0) is 13.2 Å². The van der Waals surface area contributed by atoms with Crippen LogP contribution in [0.5, 0.6) is 0 Å². The Labute approximate surface area is 191 Å². The summed E-state index contributed by atoms with van der Waals surface area (Å²) < 4.78 is 40.3. The fourth-order valence-corrected chi connectivity index (χ4v) is 3.85. The molecule has 2 aromatic carbocycles. The van der Waals surface area contributed by atoms with Gasteiger partial charge in [-0.05, 0) is 36.2 Å². The van der Waals surface area contributed by atoms with Gasteiger partial charge in [0.2, 0.25) is 5.95 Å². The molecular weight excluding hydrogens is 445 g/mol. The summed E-state index contributed by atoms with van der Waals surface area (Å²) in [6, 6.07) is 10.6. The van der Waals surface area contributed by atoms with Crippen LogP contribution in [0.15, 0.2) is 48.9 Å². The zero-order valence-corrected chi connectivity index (χ0v) is 18.4. The van der Waals surface area contributed by atoms with Crippen LogP contribution in [0.4, 0.5) is 30.8 Å². The van der Waals surface area contributed by atoms with E-state index in [9.17, 15) is 13.2 Å². The van der Waals surface area contributed by atoms with Crippen LogP contribution in [-0.4, -0.2) is 36.8 Å². The van der Waals surface area contributed by atoms with E-state index in [-0.39, 0.29) is 5.82 Å². The Kier molecular flexibility index (Phi) is 5.03. The van der Waals surface area contributed by atoms with Crippen LogP contribution in [0.3, 0.4) is 0 Å². The van der Waals surface area contributed by atoms with Crippen molar-refractivity contribution in [2.75, 3.05) is 17.7 Å². The van der Waals surface area contributed by atoms with Gasteiger partial charge in [-0.1, -0.05) is 12.1 Å². The van der Waals surface area contributed by atoms with Gasteiger partial charge in [0, 0.05) is 42.7 Å². The number of alkyl halides is 3. The van der Waals surface area contributed by atoms with Crippen molar-refractivity contribution < 1.29 is 13.2 Å². The smallest absolute Gasteiger partial charge is 0.357 e. The number of nitrogens with one attached hydrogen (secondary N) is 2. The molecule has 172 valence electrons. The van der Waals surface area contributed by atoms with Gasteiger partial charge in [0.05, 0.1) is 11.0 Å². The molecule has 11 heteroatoms. The summed E-state index contributed by atoms with van der Waals surface area (Å²) in [5.41, 5.74) is 3.29. The molecule has 3 heterocycles. The minimum atomic E-state index is -4.54. The molecule has 0 aliphatic rings. The number of fused-ring (bicyclic) bond motifs is 2. The van der Waals surface area contributed by atoms with Crippen molar-refractivity contribution in [3.8, 4) is 11.1 Å². The lowest BCUT2D eigenvalue weighted by Crippen LogP contribution is -2.06. The minimum absolute atomic E-state index is 0.164. The van der Waals surface area contributed by atoms with Gasteiger partial charge < -0.3 is 10.6 Å². The number of hydrogen-bond acceptors (Lipinski definition) is 7. The maximum absolute atomic E-state index is 13.1. The van der Waals surface area contributed by atoms with Crippen LogP contribution in [0.1, 0.15) is 11.3 Å². The number of aryl methyl sites for hydroxylation is 2. The van der Waals surface area contributed by atoms with E-state index in [0.29, 0.717) is 22.7 Å². The highest BCUT2D eigenvalue weighted by Crippen LogP contribution is 2.36. The average Bonchev–Trinajstić information content (AvgIpc) is 3.19. The van der Waals surface area contributed by atoms with Gasteiger partial charge in [-0.2, -0.15) is 18.3 Å². The molecule has 0 spiro atoms. The van der Waals surface area contributed by atoms with E-state index in [1.54, 1.807) is 13.2 Å². The molecule has 8 nitrogen and oxygen atoms in total. The molecular formula is C23H19F3N8. The SMILES string of the molecule is CNc1ncc2cc(-c3c(C)ccc4c(Nc5cc(C(F)(F)F)nn5C)ncnc34)ccc2n1. The van der Waals surface area contributed by atoms with Gasteiger partial charge in [-0.15, -0.1) is 0 Å². The second-order valence-corrected chi connectivity index (χ2v) is 7.75. The molecule has 5 aromatic rings. The molecule has 0 amide bonds. The van der Waals surface area contributed by atoms with Crippen LogP contribution >= 0.6 is 0 Å². The molecule has 0 atom stereocenters. The number of hydrogen-bond donors (Lipinski definition) is 2. The fourth-order valence-electron chi connectivity index (χ4n) is 3.85. The van der Waals surface area contributed by atoms with Gasteiger partial charge in [0.25, 0.3) is 0 Å². The molecule has 2 N–H and O–H groups in total. The Morgan fingerprint density at radius 2 is 1.82 bits per heavy atom. The molecule has 0 radical (unpaired) electrons. The van der Waals surface area contributed by atoms with E-state index in [4.69, 9.17) is 0 Å². The van der Waals surface area contributed by atoms with Gasteiger partial charge in [-0.3, -0.25) is 4.68 Å². The Morgan fingerprint density at radius 3 is 2.56 bits per heavy atom. The summed E-state index contributed by atoms with van der Waals surface area (Å²) in [4.78, 5) is 17.5. The maximum atomic E-state index is 13.1. The highest BCUT2D eigenvalue weighted by atomic mass is 19.4. The number of nitrogens with zero attached hydrogens (tertiary/aromatic N) is 6. The first kappa shape index (κ1) is 21.6. The maximum Gasteiger partial charge on any atom is 0.435 e. The first-order valence-corrected chi connectivity index (χ1v) is 10.3. The van der Waals surface area contributed by atoms with Crippen LogP contribution < -0.4 is 10.6 Å². The van der Waals surface area contributed by atoms with Crippen molar-refractivity contribution in [1.29, 1.82) is 0 Å². The summed E-state index contributed by atoms with van der Waals surface area (Å²) in [6.07, 6.45) is -1.40. The van der Waals surface area contributed by atoms with E-state index in [2.05, 4.69) is 35.7 Å². The van der Waals surface area contributed by atoms with E-state index < -0.39 is 11.9 Å². The molecule has 0 aliphatic heterocycles. The lowest BCUT2D eigenvalue weighted by atomic mass is 9.96. The first-order valence-electron chi connectivity index (χ1n) is 10.3. The van der Waals surface area contributed by atoms with Crippen LogP contribution in [0.2, 0.25) is 0 Å². The molecule has 0 fully saturated rings. The zero-order chi connectivity index (χ0) is 24.0. The number of anilines is 3. The van der Waals surface area contributed by atoms with Crippen molar-refractivity contribution in [2.45, 2.75) is 13.1 Å². The van der Waals surface area contributed by atoms with E-state index in [1.807, 2.05) is 37.3 Å². The third kappa shape index (κ3) is 3.74. The summed E-state index contributed by atoms with van der Waals surface area (Å²) in [5, 5.41) is 11.0. The third-order valence-electron chi connectivity index (χ3n) is 5.52. The van der Waals surface area contributed by atoms with Crippen molar-refractivity contribution >= 4 is 39.4 Å².